The molecule has 128 valence electrons. The SMILES string of the molecule is CC(C)c1ccc(S(=O)(=O)Nc2ccc(N3CCCC3)cn2)cc1. The monoisotopic (exact) mass is 345 g/mol. The first kappa shape index (κ1) is 16.8. The lowest BCUT2D eigenvalue weighted by molar-refractivity contribution is 0.601. The van der Waals surface area contributed by atoms with Gasteiger partial charge >= 0.3 is 0 Å². The second-order valence-corrected chi connectivity index (χ2v) is 8.11. The molecule has 1 N–H and O–H groups in total. The van der Waals surface area contributed by atoms with Crippen LogP contribution in [0.25, 0.3) is 0 Å². The molecule has 0 saturated carbocycles. The lowest BCUT2D eigenvalue weighted by Crippen LogP contribution is -2.18. The first-order chi connectivity index (χ1) is 11.5. The standard InChI is InChI=1S/C18H23N3O2S/c1-14(2)15-5-8-17(9-6-15)24(22,23)20-18-10-7-16(13-19-18)21-11-3-4-12-21/h5-10,13-14H,3-4,11-12H2,1-2H3,(H,19,20). The molecule has 1 aliphatic heterocycles. The van der Waals surface area contributed by atoms with E-state index in [4.69, 9.17) is 0 Å². The van der Waals surface area contributed by atoms with Crippen LogP contribution in [0.4, 0.5) is 11.5 Å². The third kappa shape index (κ3) is 3.70. The van der Waals surface area contributed by atoms with Crippen molar-refractivity contribution < 1.29 is 8.42 Å². The number of anilines is 2. The molecule has 0 aliphatic carbocycles. The highest BCUT2D eigenvalue weighted by Gasteiger charge is 2.16. The largest absolute Gasteiger partial charge is 0.370 e. The number of nitrogens with one attached hydrogen (secondary N) is 1. The Hall–Kier alpha value is -2.08. The maximum absolute atomic E-state index is 12.5. The van der Waals surface area contributed by atoms with Gasteiger partial charge in [0.25, 0.3) is 10.0 Å². The minimum Gasteiger partial charge on any atom is -0.370 e. The number of rotatable bonds is 5. The fourth-order valence-electron chi connectivity index (χ4n) is 2.84. The normalized spacial score (nSPS) is 15.0. The van der Waals surface area contributed by atoms with E-state index < -0.39 is 10.0 Å². The summed E-state index contributed by atoms with van der Waals surface area (Å²) in [6, 6.07) is 10.6. The molecule has 2 heterocycles. The van der Waals surface area contributed by atoms with Gasteiger partial charge < -0.3 is 4.90 Å². The van der Waals surface area contributed by atoms with Crippen molar-refractivity contribution in [2.75, 3.05) is 22.7 Å². The van der Waals surface area contributed by atoms with Crippen LogP contribution in [0.15, 0.2) is 47.5 Å². The summed E-state index contributed by atoms with van der Waals surface area (Å²) in [5.41, 5.74) is 2.15. The van der Waals surface area contributed by atoms with Crippen molar-refractivity contribution in [2.45, 2.75) is 37.5 Å². The highest BCUT2D eigenvalue weighted by atomic mass is 32.2. The van der Waals surface area contributed by atoms with Gasteiger partial charge in [-0.15, -0.1) is 0 Å². The Balaban J connectivity index is 1.73. The van der Waals surface area contributed by atoms with E-state index in [0.29, 0.717) is 11.7 Å². The van der Waals surface area contributed by atoms with Crippen molar-refractivity contribution in [1.29, 1.82) is 0 Å². The first-order valence-electron chi connectivity index (χ1n) is 8.29. The van der Waals surface area contributed by atoms with Crippen molar-refractivity contribution in [3.8, 4) is 0 Å². The summed E-state index contributed by atoms with van der Waals surface area (Å²) in [5, 5.41) is 0. The Morgan fingerprint density at radius 2 is 1.71 bits per heavy atom. The number of benzene rings is 1. The molecule has 5 nitrogen and oxygen atoms in total. The van der Waals surface area contributed by atoms with Gasteiger partial charge in [0, 0.05) is 13.1 Å². The molecule has 0 unspecified atom stereocenters. The lowest BCUT2D eigenvalue weighted by Gasteiger charge is -2.17. The van der Waals surface area contributed by atoms with E-state index in [1.54, 1.807) is 24.4 Å². The molecule has 0 bridgehead atoms. The summed E-state index contributed by atoms with van der Waals surface area (Å²) in [6.45, 7) is 6.23. The molecular weight excluding hydrogens is 322 g/mol. The van der Waals surface area contributed by atoms with Crippen LogP contribution < -0.4 is 9.62 Å². The Bertz CT molecular complexity index is 778. The molecule has 24 heavy (non-hydrogen) atoms. The number of aromatic nitrogens is 1. The molecule has 1 aromatic carbocycles. The number of nitrogens with zero attached hydrogens (tertiary/aromatic N) is 2. The maximum Gasteiger partial charge on any atom is 0.263 e. The van der Waals surface area contributed by atoms with Crippen LogP contribution in [-0.4, -0.2) is 26.5 Å². The van der Waals surface area contributed by atoms with Gasteiger partial charge in [0.1, 0.15) is 5.82 Å². The van der Waals surface area contributed by atoms with E-state index in [1.165, 1.54) is 12.8 Å². The molecule has 6 heteroatoms. The van der Waals surface area contributed by atoms with E-state index in [2.05, 4.69) is 28.5 Å². The molecule has 0 atom stereocenters. The van der Waals surface area contributed by atoms with Gasteiger partial charge in [-0.25, -0.2) is 13.4 Å². The predicted molar refractivity (Wildman–Crippen MR) is 97.0 cm³/mol. The molecule has 2 aromatic rings. The molecular formula is C18H23N3O2S. The van der Waals surface area contributed by atoms with Crippen molar-refractivity contribution in [1.82, 2.24) is 4.98 Å². The zero-order valence-corrected chi connectivity index (χ0v) is 14.9. The van der Waals surface area contributed by atoms with Crippen molar-refractivity contribution in [3.63, 3.8) is 0 Å². The smallest absolute Gasteiger partial charge is 0.263 e. The van der Waals surface area contributed by atoms with E-state index >= 15 is 0 Å². The first-order valence-corrected chi connectivity index (χ1v) is 9.78. The highest BCUT2D eigenvalue weighted by Crippen LogP contribution is 2.22. The van der Waals surface area contributed by atoms with Crippen LogP contribution in [0, 0.1) is 0 Å². The second kappa shape index (κ2) is 6.81. The Labute approximate surface area is 143 Å². The lowest BCUT2D eigenvalue weighted by atomic mass is 10.0. The summed E-state index contributed by atoms with van der Waals surface area (Å²) in [6.07, 6.45) is 4.12. The number of hydrogen-bond donors (Lipinski definition) is 1. The summed E-state index contributed by atoms with van der Waals surface area (Å²) >= 11 is 0. The van der Waals surface area contributed by atoms with Gasteiger partial charge in [0.05, 0.1) is 16.8 Å². The van der Waals surface area contributed by atoms with Crippen LogP contribution in [0.3, 0.4) is 0 Å². The third-order valence-corrected chi connectivity index (χ3v) is 5.69. The van der Waals surface area contributed by atoms with Crippen LogP contribution in [-0.2, 0) is 10.0 Å². The zero-order valence-electron chi connectivity index (χ0n) is 14.1. The number of sulfonamides is 1. The highest BCUT2D eigenvalue weighted by molar-refractivity contribution is 7.92. The molecule has 0 spiro atoms. The van der Waals surface area contributed by atoms with E-state index in [1.807, 2.05) is 18.2 Å². The average molecular weight is 345 g/mol. The molecule has 0 radical (unpaired) electrons. The van der Waals surface area contributed by atoms with Crippen molar-refractivity contribution in [3.05, 3.63) is 48.2 Å². The van der Waals surface area contributed by atoms with Crippen LogP contribution in [0.5, 0.6) is 0 Å². The van der Waals surface area contributed by atoms with Gasteiger partial charge in [-0.05, 0) is 48.6 Å². The third-order valence-electron chi connectivity index (χ3n) is 4.32. The van der Waals surface area contributed by atoms with Gasteiger partial charge in [0.15, 0.2) is 0 Å². The Morgan fingerprint density at radius 1 is 1.04 bits per heavy atom. The van der Waals surface area contributed by atoms with Gasteiger partial charge in [0.2, 0.25) is 0 Å². The van der Waals surface area contributed by atoms with Crippen LogP contribution in [0.2, 0.25) is 0 Å². The van der Waals surface area contributed by atoms with E-state index in [-0.39, 0.29) is 4.90 Å². The van der Waals surface area contributed by atoms with Crippen LogP contribution >= 0.6 is 0 Å². The van der Waals surface area contributed by atoms with Gasteiger partial charge in [-0.2, -0.15) is 0 Å². The maximum atomic E-state index is 12.5. The minimum atomic E-state index is -3.61. The van der Waals surface area contributed by atoms with Gasteiger partial charge in [-0.3, -0.25) is 4.72 Å². The Kier molecular flexibility index (Phi) is 4.76. The summed E-state index contributed by atoms with van der Waals surface area (Å²) in [7, 11) is -3.61. The van der Waals surface area contributed by atoms with Crippen molar-refractivity contribution in [2.24, 2.45) is 0 Å². The number of pyridine rings is 1. The summed E-state index contributed by atoms with van der Waals surface area (Å²) < 4.78 is 27.5. The van der Waals surface area contributed by atoms with Crippen molar-refractivity contribution >= 4 is 21.5 Å². The molecule has 1 aliphatic rings. The topological polar surface area (TPSA) is 62.3 Å². The predicted octanol–water partition coefficient (Wildman–Crippen LogP) is 3.61. The quantitative estimate of drug-likeness (QED) is 0.899. The Morgan fingerprint density at radius 3 is 2.25 bits per heavy atom. The summed E-state index contributed by atoms with van der Waals surface area (Å²) in [4.78, 5) is 6.76. The number of hydrogen-bond acceptors (Lipinski definition) is 4. The summed E-state index contributed by atoms with van der Waals surface area (Å²) in [5.74, 6) is 0.709. The minimum absolute atomic E-state index is 0.248. The molecule has 3 rings (SSSR count). The molecule has 1 fully saturated rings. The van der Waals surface area contributed by atoms with Crippen LogP contribution in [0.1, 0.15) is 38.2 Å². The van der Waals surface area contributed by atoms with E-state index in [9.17, 15) is 8.42 Å². The fourth-order valence-corrected chi connectivity index (χ4v) is 3.85. The fraction of sp³-hybridized carbons (Fsp3) is 0.389. The van der Waals surface area contributed by atoms with E-state index in [0.717, 1.165) is 24.3 Å². The molecule has 1 aromatic heterocycles. The second-order valence-electron chi connectivity index (χ2n) is 6.43. The van der Waals surface area contributed by atoms with Gasteiger partial charge in [-0.1, -0.05) is 26.0 Å². The molecule has 1 saturated heterocycles. The average Bonchev–Trinajstić information content (AvgIpc) is 3.10. The zero-order chi connectivity index (χ0) is 17.2. The molecule has 0 amide bonds.